The highest BCUT2D eigenvalue weighted by molar-refractivity contribution is 5.65. The first-order valence-electron chi connectivity index (χ1n) is 15.0. The number of nitrogens with one attached hydrogen (secondary N) is 1. The van der Waals surface area contributed by atoms with Gasteiger partial charge in [0.25, 0.3) is 0 Å². The summed E-state index contributed by atoms with van der Waals surface area (Å²) in [6.45, 7) is 19.5. The quantitative estimate of drug-likeness (QED) is 0.364. The molecular formula is C34H54N2. The van der Waals surface area contributed by atoms with Crippen LogP contribution >= 0.6 is 0 Å². The number of allylic oxidation sites excluding steroid dienone is 1. The molecular weight excluding hydrogens is 436 g/mol. The molecule has 200 valence electrons. The van der Waals surface area contributed by atoms with Gasteiger partial charge in [0.15, 0.2) is 0 Å². The predicted molar refractivity (Wildman–Crippen MR) is 158 cm³/mol. The summed E-state index contributed by atoms with van der Waals surface area (Å²) in [5.41, 5.74) is 12.4. The summed E-state index contributed by atoms with van der Waals surface area (Å²) < 4.78 is 0. The van der Waals surface area contributed by atoms with Crippen molar-refractivity contribution >= 4 is 12.2 Å². The third-order valence-corrected chi connectivity index (χ3v) is 11.2. The van der Waals surface area contributed by atoms with Crippen LogP contribution in [0.15, 0.2) is 30.9 Å². The van der Waals surface area contributed by atoms with Crippen molar-refractivity contribution in [3.8, 4) is 0 Å². The van der Waals surface area contributed by atoms with E-state index in [0.29, 0.717) is 34.6 Å². The monoisotopic (exact) mass is 490 g/mol. The van der Waals surface area contributed by atoms with Gasteiger partial charge in [0.2, 0.25) is 0 Å². The Kier molecular flexibility index (Phi) is 8.28. The summed E-state index contributed by atoms with van der Waals surface area (Å²) in [6, 6.07) is 7.70. The number of hydrogen-bond acceptors (Lipinski definition) is 2. The van der Waals surface area contributed by atoms with Crippen LogP contribution in [0.5, 0.6) is 0 Å². The molecule has 0 aromatic heterocycles. The lowest BCUT2D eigenvalue weighted by Gasteiger charge is -2.64. The van der Waals surface area contributed by atoms with Crippen LogP contribution in [0, 0.1) is 28.6 Å². The number of nitrogens with two attached hydrogens (primary N) is 1. The third kappa shape index (κ3) is 4.66. The first-order valence-corrected chi connectivity index (χ1v) is 15.0. The lowest BCUT2D eigenvalue weighted by atomic mass is 9.43. The lowest BCUT2D eigenvalue weighted by Crippen LogP contribution is -2.67. The molecule has 0 aliphatic heterocycles. The van der Waals surface area contributed by atoms with E-state index < -0.39 is 0 Å². The molecule has 2 nitrogen and oxygen atoms in total. The molecule has 3 saturated carbocycles. The highest BCUT2D eigenvalue weighted by Gasteiger charge is 2.64. The fourth-order valence-electron chi connectivity index (χ4n) is 9.57. The Labute approximate surface area is 222 Å². The topological polar surface area (TPSA) is 38.0 Å². The van der Waals surface area contributed by atoms with E-state index in [2.05, 4.69) is 83.8 Å². The highest BCUT2D eigenvalue weighted by atomic mass is 14.9. The fraction of sp³-hybridized carbons (Fsp3) is 0.706. The maximum atomic E-state index is 7.70. The molecule has 1 aromatic rings. The predicted octanol–water partition coefficient (Wildman–Crippen LogP) is 8.57. The van der Waals surface area contributed by atoms with E-state index in [4.69, 9.17) is 5.73 Å². The molecule has 3 aliphatic carbocycles. The minimum Gasteiger partial charge on any atom is -0.325 e. The fourth-order valence-corrected chi connectivity index (χ4v) is 9.57. The van der Waals surface area contributed by atoms with Crippen molar-refractivity contribution in [3.63, 3.8) is 0 Å². The van der Waals surface area contributed by atoms with Crippen LogP contribution < -0.4 is 11.1 Å². The second kappa shape index (κ2) is 10.8. The molecule has 1 aromatic carbocycles. The summed E-state index contributed by atoms with van der Waals surface area (Å²) in [7, 11) is 0. The van der Waals surface area contributed by atoms with Gasteiger partial charge in [-0.3, -0.25) is 0 Å². The minimum atomic E-state index is -0.0141. The molecule has 3 aliphatic rings. The van der Waals surface area contributed by atoms with Crippen molar-refractivity contribution in [1.29, 1.82) is 0 Å². The molecule has 7 atom stereocenters. The van der Waals surface area contributed by atoms with Crippen molar-refractivity contribution in [2.45, 2.75) is 117 Å². The van der Waals surface area contributed by atoms with Gasteiger partial charge in [0.05, 0.1) is 0 Å². The van der Waals surface area contributed by atoms with Gasteiger partial charge in [-0.1, -0.05) is 84.0 Å². The number of hydrogen-bond donors (Lipinski definition) is 2. The molecule has 0 spiro atoms. The lowest BCUT2D eigenvalue weighted by molar-refractivity contribution is -0.112. The van der Waals surface area contributed by atoms with Crippen LogP contribution in [0.2, 0.25) is 0 Å². The van der Waals surface area contributed by atoms with Gasteiger partial charge in [0.1, 0.15) is 0 Å². The van der Waals surface area contributed by atoms with E-state index in [1.54, 1.807) is 0 Å². The van der Waals surface area contributed by atoms with Gasteiger partial charge in [-0.25, -0.2) is 0 Å². The molecule has 0 amide bonds. The largest absolute Gasteiger partial charge is 0.325 e. The van der Waals surface area contributed by atoms with Crippen molar-refractivity contribution in [2.24, 2.45) is 34.3 Å². The molecule has 0 radical (unpaired) electrons. The molecule has 3 N–H and O–H groups in total. The van der Waals surface area contributed by atoms with Crippen LogP contribution in [0.3, 0.4) is 0 Å². The van der Waals surface area contributed by atoms with Crippen molar-refractivity contribution in [2.75, 3.05) is 6.54 Å². The van der Waals surface area contributed by atoms with E-state index in [0.717, 1.165) is 12.5 Å². The molecule has 4 rings (SSSR count). The Balaban J connectivity index is 1.62. The van der Waals surface area contributed by atoms with Crippen LogP contribution in [-0.2, 0) is 0 Å². The summed E-state index contributed by atoms with van der Waals surface area (Å²) in [5, 5.41) is 3.70. The minimum absolute atomic E-state index is 0.0141. The van der Waals surface area contributed by atoms with E-state index in [-0.39, 0.29) is 5.54 Å². The van der Waals surface area contributed by atoms with Crippen molar-refractivity contribution in [1.82, 2.24) is 5.32 Å². The van der Waals surface area contributed by atoms with Gasteiger partial charge in [0, 0.05) is 11.6 Å². The van der Waals surface area contributed by atoms with E-state index in [1.807, 2.05) is 6.08 Å². The smallest absolute Gasteiger partial charge is 0.0222 e. The number of rotatable bonds is 9. The second-order valence-electron chi connectivity index (χ2n) is 13.4. The maximum Gasteiger partial charge on any atom is 0.0222 e. The zero-order chi connectivity index (χ0) is 26.1. The van der Waals surface area contributed by atoms with Gasteiger partial charge < -0.3 is 11.1 Å². The van der Waals surface area contributed by atoms with Gasteiger partial charge in [-0.2, -0.15) is 0 Å². The summed E-state index contributed by atoms with van der Waals surface area (Å²) in [6.07, 6.45) is 17.9. The molecule has 7 unspecified atom stereocenters. The zero-order valence-corrected chi connectivity index (χ0v) is 24.2. The van der Waals surface area contributed by atoms with E-state index in [1.165, 1.54) is 74.5 Å². The first-order chi connectivity index (χ1) is 17.1. The molecule has 0 bridgehead atoms. The van der Waals surface area contributed by atoms with Gasteiger partial charge in [-0.05, 0) is 116 Å². The van der Waals surface area contributed by atoms with Crippen LogP contribution in [0.4, 0.5) is 0 Å². The Morgan fingerprint density at radius 3 is 2.53 bits per heavy atom. The standard InChI is InChI=1S/C34H54N2/c1-8-11-26-12-13-27(23-25(26)10-3)29-14-15-30-33(29,7)20-17-31-32(6,19-9-2)28(16-21-34(30,31)35)18-22-36-24(4)5/h8,10-13,23-24,28-31,36H,3,9,14-22,35H2,1-2,4-7H3/b11-8-. The second-order valence-corrected chi connectivity index (χ2v) is 13.4. The Morgan fingerprint density at radius 1 is 1.08 bits per heavy atom. The molecule has 2 heteroatoms. The average molecular weight is 491 g/mol. The van der Waals surface area contributed by atoms with Crippen molar-refractivity contribution in [3.05, 3.63) is 47.5 Å². The maximum absolute atomic E-state index is 7.70. The first kappa shape index (κ1) is 27.6. The Bertz CT molecular complexity index is 947. The Hall–Kier alpha value is -1.38. The van der Waals surface area contributed by atoms with Gasteiger partial charge in [-0.15, -0.1) is 0 Å². The summed E-state index contributed by atoms with van der Waals surface area (Å²) in [5.74, 6) is 2.68. The third-order valence-electron chi connectivity index (χ3n) is 11.2. The van der Waals surface area contributed by atoms with Crippen LogP contribution in [0.25, 0.3) is 12.2 Å². The van der Waals surface area contributed by atoms with Crippen LogP contribution in [0.1, 0.15) is 122 Å². The summed E-state index contributed by atoms with van der Waals surface area (Å²) in [4.78, 5) is 0. The SMILES string of the molecule is C=Cc1cc(C2CCC3C2(C)CCC2C(C)(CCC)C(CCNC(C)C)CCC23N)ccc1/C=C\C. The van der Waals surface area contributed by atoms with E-state index in [9.17, 15) is 0 Å². The van der Waals surface area contributed by atoms with Crippen LogP contribution in [-0.4, -0.2) is 18.1 Å². The van der Waals surface area contributed by atoms with Crippen molar-refractivity contribution < 1.29 is 0 Å². The molecule has 36 heavy (non-hydrogen) atoms. The molecule has 0 heterocycles. The van der Waals surface area contributed by atoms with E-state index >= 15 is 0 Å². The number of benzene rings is 1. The number of fused-ring (bicyclic) bond motifs is 3. The Morgan fingerprint density at radius 2 is 1.86 bits per heavy atom. The van der Waals surface area contributed by atoms with Gasteiger partial charge >= 0.3 is 0 Å². The zero-order valence-electron chi connectivity index (χ0n) is 24.2. The average Bonchev–Trinajstić information content (AvgIpc) is 3.19. The molecule has 3 fully saturated rings. The summed E-state index contributed by atoms with van der Waals surface area (Å²) >= 11 is 0. The normalized spacial score (nSPS) is 38.3. The highest BCUT2D eigenvalue weighted by Crippen LogP contribution is 2.69. The molecule has 0 saturated heterocycles.